The van der Waals surface area contributed by atoms with E-state index in [0.29, 0.717) is 19.4 Å². The molecule has 0 aliphatic carbocycles. The Bertz CT molecular complexity index is 426. The Kier molecular flexibility index (Phi) is 4.96. The van der Waals surface area contributed by atoms with Gasteiger partial charge in [0.15, 0.2) is 5.78 Å². The molecule has 100 valence electrons. The summed E-state index contributed by atoms with van der Waals surface area (Å²) in [7, 11) is 0. The van der Waals surface area contributed by atoms with Gasteiger partial charge in [0, 0.05) is 12.7 Å². The highest BCUT2D eigenvalue weighted by Crippen LogP contribution is 2.27. The molecule has 0 aliphatic heterocycles. The van der Waals surface area contributed by atoms with Gasteiger partial charge in [0.1, 0.15) is 17.2 Å². The Morgan fingerprint density at radius 2 is 1.83 bits per heavy atom. The molecule has 0 saturated carbocycles. The minimum Gasteiger partial charge on any atom is -0.367 e. The smallest absolute Gasteiger partial charge is 0.197 e. The predicted molar refractivity (Wildman–Crippen MR) is 65.6 cm³/mol. The molecule has 0 fully saturated rings. The van der Waals surface area contributed by atoms with E-state index in [4.69, 9.17) is 4.74 Å². The van der Waals surface area contributed by atoms with E-state index < -0.39 is 23.0 Å². The molecule has 0 aromatic heterocycles. The first kappa shape index (κ1) is 14.8. The topological polar surface area (TPSA) is 26.3 Å². The lowest BCUT2D eigenvalue weighted by Gasteiger charge is -2.30. The number of ether oxygens (including phenoxy) is 1. The van der Waals surface area contributed by atoms with E-state index in [1.807, 2.05) is 13.8 Å². The normalized spacial score (nSPS) is 11.6. The van der Waals surface area contributed by atoms with Crippen LogP contribution in [0.2, 0.25) is 0 Å². The summed E-state index contributed by atoms with van der Waals surface area (Å²) in [5, 5.41) is 0. The summed E-state index contributed by atoms with van der Waals surface area (Å²) in [6.07, 6.45) is 0.903. The number of Topliss-reactive ketones (excluding diaryl/α,β-unsaturated/α-hetero) is 1. The van der Waals surface area contributed by atoms with E-state index in [2.05, 4.69) is 0 Å². The Labute approximate surface area is 106 Å². The van der Waals surface area contributed by atoms with Gasteiger partial charge in [-0.05, 0) is 31.9 Å². The predicted octanol–water partition coefficient (Wildman–Crippen LogP) is 3.74. The van der Waals surface area contributed by atoms with Crippen LogP contribution in [0.15, 0.2) is 18.2 Å². The molecule has 0 atom stereocenters. The lowest BCUT2D eigenvalue weighted by atomic mass is 9.87. The fourth-order valence-electron chi connectivity index (χ4n) is 2.04. The van der Waals surface area contributed by atoms with Crippen molar-refractivity contribution in [1.29, 1.82) is 0 Å². The Balaban J connectivity index is 3.17. The van der Waals surface area contributed by atoms with Gasteiger partial charge in [-0.15, -0.1) is 0 Å². The number of hydrogen-bond acceptors (Lipinski definition) is 2. The molecule has 0 saturated heterocycles. The third-order valence-corrected chi connectivity index (χ3v) is 3.15. The lowest BCUT2D eigenvalue weighted by molar-refractivity contribution is -0.0253. The van der Waals surface area contributed by atoms with Crippen LogP contribution in [0.3, 0.4) is 0 Å². The van der Waals surface area contributed by atoms with E-state index in [1.165, 1.54) is 6.07 Å². The van der Waals surface area contributed by atoms with Gasteiger partial charge in [-0.1, -0.05) is 13.8 Å². The molecule has 0 spiro atoms. The summed E-state index contributed by atoms with van der Waals surface area (Å²) >= 11 is 0. The fraction of sp³-hybridized carbons (Fsp3) is 0.500. The lowest BCUT2D eigenvalue weighted by Crippen LogP contribution is -2.41. The largest absolute Gasteiger partial charge is 0.367 e. The molecule has 0 bridgehead atoms. The number of carbonyl (C=O) groups is 1. The molecule has 0 aliphatic rings. The minimum atomic E-state index is -1.02. The van der Waals surface area contributed by atoms with E-state index in [-0.39, 0.29) is 5.56 Å². The molecular weight excluding hydrogens is 238 g/mol. The zero-order valence-corrected chi connectivity index (χ0v) is 10.9. The van der Waals surface area contributed by atoms with Crippen molar-refractivity contribution in [2.45, 2.75) is 39.2 Å². The van der Waals surface area contributed by atoms with Crippen LogP contribution >= 0.6 is 0 Å². The van der Waals surface area contributed by atoms with Crippen LogP contribution in [0.25, 0.3) is 0 Å². The van der Waals surface area contributed by atoms with Crippen molar-refractivity contribution in [1.82, 2.24) is 0 Å². The third kappa shape index (κ3) is 2.75. The molecule has 2 nitrogen and oxygen atoms in total. The van der Waals surface area contributed by atoms with Gasteiger partial charge >= 0.3 is 0 Å². The van der Waals surface area contributed by atoms with Crippen LogP contribution < -0.4 is 0 Å². The maximum absolute atomic E-state index is 13.6. The second-order valence-corrected chi connectivity index (χ2v) is 4.09. The van der Waals surface area contributed by atoms with Gasteiger partial charge in [0.2, 0.25) is 0 Å². The van der Waals surface area contributed by atoms with E-state index in [0.717, 1.165) is 12.1 Å². The second-order valence-electron chi connectivity index (χ2n) is 4.09. The zero-order valence-electron chi connectivity index (χ0n) is 10.9. The first-order valence-corrected chi connectivity index (χ1v) is 6.14. The van der Waals surface area contributed by atoms with Crippen molar-refractivity contribution >= 4 is 5.78 Å². The maximum atomic E-state index is 13.6. The first-order valence-electron chi connectivity index (χ1n) is 6.14. The first-order chi connectivity index (χ1) is 8.50. The molecule has 0 radical (unpaired) electrons. The molecular formula is C14H18F2O2. The molecule has 18 heavy (non-hydrogen) atoms. The van der Waals surface area contributed by atoms with Crippen LogP contribution in [-0.4, -0.2) is 18.0 Å². The molecule has 1 aromatic carbocycles. The van der Waals surface area contributed by atoms with Gasteiger partial charge in [-0.3, -0.25) is 4.79 Å². The van der Waals surface area contributed by atoms with Crippen LogP contribution in [0.4, 0.5) is 8.78 Å². The summed E-state index contributed by atoms with van der Waals surface area (Å²) in [6.45, 7) is 5.79. The van der Waals surface area contributed by atoms with Crippen molar-refractivity contribution in [2.24, 2.45) is 0 Å². The number of hydrogen-bond donors (Lipinski definition) is 0. The van der Waals surface area contributed by atoms with E-state index in [1.54, 1.807) is 6.92 Å². The van der Waals surface area contributed by atoms with Crippen molar-refractivity contribution in [3.63, 3.8) is 0 Å². The molecule has 1 rings (SSSR count). The summed E-state index contributed by atoms with van der Waals surface area (Å²) in [6, 6.07) is 2.97. The van der Waals surface area contributed by atoms with Crippen molar-refractivity contribution in [3.8, 4) is 0 Å². The third-order valence-electron chi connectivity index (χ3n) is 3.15. The Morgan fingerprint density at radius 1 is 1.22 bits per heavy atom. The van der Waals surface area contributed by atoms with Crippen LogP contribution in [0.5, 0.6) is 0 Å². The average Bonchev–Trinajstić information content (AvgIpc) is 2.35. The summed E-state index contributed by atoms with van der Waals surface area (Å²) < 4.78 is 32.0. The molecule has 0 N–H and O–H groups in total. The zero-order chi connectivity index (χ0) is 13.8. The summed E-state index contributed by atoms with van der Waals surface area (Å²) in [4.78, 5) is 12.4. The summed E-state index contributed by atoms with van der Waals surface area (Å²) in [5.74, 6) is -1.96. The van der Waals surface area contributed by atoms with Crippen molar-refractivity contribution in [2.75, 3.05) is 6.61 Å². The number of halogens is 2. The van der Waals surface area contributed by atoms with Crippen LogP contribution in [0.1, 0.15) is 44.0 Å². The van der Waals surface area contributed by atoms with Crippen LogP contribution in [-0.2, 0) is 4.74 Å². The van der Waals surface area contributed by atoms with Gasteiger partial charge < -0.3 is 4.74 Å². The minimum absolute atomic E-state index is 0.117. The van der Waals surface area contributed by atoms with Crippen molar-refractivity contribution in [3.05, 3.63) is 35.4 Å². The van der Waals surface area contributed by atoms with Crippen LogP contribution in [0, 0.1) is 11.6 Å². The number of benzene rings is 1. The molecule has 0 amide bonds. The van der Waals surface area contributed by atoms with E-state index >= 15 is 0 Å². The highest BCUT2D eigenvalue weighted by molar-refractivity contribution is 6.02. The Morgan fingerprint density at radius 3 is 2.28 bits per heavy atom. The van der Waals surface area contributed by atoms with Gasteiger partial charge in [-0.25, -0.2) is 8.78 Å². The highest BCUT2D eigenvalue weighted by Gasteiger charge is 2.37. The number of ketones is 1. The monoisotopic (exact) mass is 256 g/mol. The van der Waals surface area contributed by atoms with Gasteiger partial charge in [0.25, 0.3) is 0 Å². The number of rotatable bonds is 6. The van der Waals surface area contributed by atoms with Gasteiger partial charge in [0.05, 0.1) is 5.56 Å². The molecule has 0 heterocycles. The fourth-order valence-corrected chi connectivity index (χ4v) is 2.04. The molecule has 1 aromatic rings. The standard InChI is InChI=1S/C14H18F2O2/c1-4-14(5-2,18-6-3)13(17)11-8-7-10(15)9-12(11)16/h7-9H,4-6H2,1-3H3. The number of carbonyl (C=O) groups excluding carboxylic acids is 1. The Hall–Kier alpha value is -1.29. The highest BCUT2D eigenvalue weighted by atomic mass is 19.1. The maximum Gasteiger partial charge on any atom is 0.197 e. The second kappa shape index (κ2) is 6.05. The molecule has 0 unspecified atom stereocenters. The van der Waals surface area contributed by atoms with Crippen molar-refractivity contribution < 1.29 is 18.3 Å². The average molecular weight is 256 g/mol. The quantitative estimate of drug-likeness (QED) is 0.725. The summed E-state index contributed by atoms with van der Waals surface area (Å²) in [5.41, 5.74) is -1.14. The van der Waals surface area contributed by atoms with E-state index in [9.17, 15) is 13.6 Å². The molecule has 4 heteroatoms. The SMILES string of the molecule is CCOC(CC)(CC)C(=O)c1ccc(F)cc1F. The van der Waals surface area contributed by atoms with Gasteiger partial charge in [-0.2, -0.15) is 0 Å².